The summed E-state index contributed by atoms with van der Waals surface area (Å²) in [6.07, 6.45) is 1.39. The summed E-state index contributed by atoms with van der Waals surface area (Å²) < 4.78 is 26.3. The largest absolute Gasteiger partial charge is 0.351 e. The molecule has 10 nitrogen and oxygen atoms in total. The van der Waals surface area contributed by atoms with Gasteiger partial charge in [-0.15, -0.1) is 0 Å². The van der Waals surface area contributed by atoms with Crippen molar-refractivity contribution in [2.75, 3.05) is 44.9 Å². The van der Waals surface area contributed by atoms with Crippen LogP contribution in [0.15, 0.2) is 65.8 Å². The lowest BCUT2D eigenvalue weighted by Gasteiger charge is -2.11. The lowest BCUT2D eigenvalue weighted by atomic mass is 10.2. The van der Waals surface area contributed by atoms with Gasteiger partial charge in [0.05, 0.1) is 4.90 Å². The van der Waals surface area contributed by atoms with Crippen LogP contribution in [0.25, 0.3) is 0 Å². The van der Waals surface area contributed by atoms with Crippen molar-refractivity contribution in [1.82, 2.24) is 24.9 Å². The highest BCUT2D eigenvalue weighted by atomic mass is 32.2. The number of carbonyl (C=O) groups is 1. The second-order valence-electron chi connectivity index (χ2n) is 7.41. The molecule has 2 aromatic carbocycles. The van der Waals surface area contributed by atoms with Crippen molar-refractivity contribution in [2.24, 2.45) is 0 Å². The molecule has 11 heteroatoms. The van der Waals surface area contributed by atoms with Crippen LogP contribution in [0.3, 0.4) is 0 Å². The van der Waals surface area contributed by atoms with E-state index in [9.17, 15) is 13.2 Å². The molecule has 3 aromatic rings. The zero-order valence-electron chi connectivity index (χ0n) is 18.7. The molecule has 1 aromatic heterocycles. The highest BCUT2D eigenvalue weighted by molar-refractivity contribution is 7.89. The molecule has 0 aliphatic rings. The van der Waals surface area contributed by atoms with E-state index in [0.29, 0.717) is 29.4 Å². The summed E-state index contributed by atoms with van der Waals surface area (Å²) in [5, 5.41) is 9.12. The van der Waals surface area contributed by atoms with Crippen LogP contribution in [0.4, 0.5) is 23.0 Å². The molecule has 0 aliphatic carbocycles. The average molecular weight is 470 g/mol. The van der Waals surface area contributed by atoms with Crippen LogP contribution in [0, 0.1) is 0 Å². The van der Waals surface area contributed by atoms with Crippen molar-refractivity contribution in [3.8, 4) is 0 Å². The molecule has 174 valence electrons. The summed E-state index contributed by atoms with van der Waals surface area (Å²) in [6, 6.07) is 15.2. The number of hydrogen-bond donors (Lipinski definition) is 4. The molecule has 0 saturated carbocycles. The van der Waals surface area contributed by atoms with Gasteiger partial charge in [0, 0.05) is 36.1 Å². The van der Waals surface area contributed by atoms with Gasteiger partial charge >= 0.3 is 0 Å². The molecule has 1 amide bonds. The van der Waals surface area contributed by atoms with Crippen molar-refractivity contribution in [3.05, 3.63) is 66.5 Å². The first kappa shape index (κ1) is 24.1. The molecule has 0 radical (unpaired) electrons. The second-order valence-corrected chi connectivity index (χ2v) is 9.30. The predicted molar refractivity (Wildman–Crippen MR) is 129 cm³/mol. The standard InChI is InChI=1S/C22H27N7O3S/c1-23-33(31,32)19-6-4-5-18(13-19)28-21-14-20(25-15-26-21)27-17-9-7-16(8-10-17)22(30)24-11-12-29(2)3/h4-10,13-15,23H,11-12H2,1-3H3,(H,24,30)(H2,25,26,27,28). The number of likely N-dealkylation sites (N-methyl/N-ethyl adjacent to an activating group) is 1. The number of aromatic nitrogens is 2. The second kappa shape index (κ2) is 10.9. The smallest absolute Gasteiger partial charge is 0.251 e. The highest BCUT2D eigenvalue weighted by Gasteiger charge is 2.12. The third kappa shape index (κ3) is 6.97. The van der Waals surface area contributed by atoms with Crippen LogP contribution in [-0.2, 0) is 10.0 Å². The van der Waals surface area contributed by atoms with Crippen molar-refractivity contribution in [1.29, 1.82) is 0 Å². The highest BCUT2D eigenvalue weighted by Crippen LogP contribution is 2.21. The van der Waals surface area contributed by atoms with E-state index >= 15 is 0 Å². The Morgan fingerprint density at radius 1 is 0.939 bits per heavy atom. The molecule has 4 N–H and O–H groups in total. The van der Waals surface area contributed by atoms with Crippen LogP contribution < -0.4 is 20.7 Å². The Bertz CT molecular complexity index is 1200. The van der Waals surface area contributed by atoms with Gasteiger partial charge in [-0.1, -0.05) is 6.07 Å². The lowest BCUT2D eigenvalue weighted by Crippen LogP contribution is -2.31. The summed E-state index contributed by atoms with van der Waals surface area (Å²) in [5.41, 5.74) is 1.90. The van der Waals surface area contributed by atoms with Gasteiger partial charge in [-0.3, -0.25) is 4.79 Å². The van der Waals surface area contributed by atoms with Gasteiger partial charge in [-0.05, 0) is 63.6 Å². The maximum atomic E-state index is 12.2. The van der Waals surface area contributed by atoms with E-state index in [1.807, 2.05) is 19.0 Å². The first-order valence-corrected chi connectivity index (χ1v) is 11.7. The number of amides is 1. The van der Waals surface area contributed by atoms with Gasteiger partial charge in [-0.2, -0.15) is 0 Å². The van der Waals surface area contributed by atoms with E-state index in [1.54, 1.807) is 42.5 Å². The number of sulfonamides is 1. The summed E-state index contributed by atoms with van der Waals surface area (Å²) >= 11 is 0. The summed E-state index contributed by atoms with van der Waals surface area (Å²) in [6.45, 7) is 1.34. The van der Waals surface area contributed by atoms with Gasteiger partial charge in [0.15, 0.2) is 0 Å². The molecule has 0 bridgehead atoms. The Labute approximate surface area is 193 Å². The van der Waals surface area contributed by atoms with Crippen molar-refractivity contribution in [3.63, 3.8) is 0 Å². The number of rotatable bonds is 10. The SMILES string of the molecule is CNS(=O)(=O)c1cccc(Nc2cc(Nc3ccc(C(=O)NCCN(C)C)cc3)ncn2)c1. The summed E-state index contributed by atoms with van der Waals surface area (Å²) in [5.74, 6) is 0.900. The minimum absolute atomic E-state index is 0.126. The van der Waals surface area contributed by atoms with Gasteiger partial charge in [-0.25, -0.2) is 23.1 Å². The van der Waals surface area contributed by atoms with Crippen molar-refractivity contribution < 1.29 is 13.2 Å². The Morgan fingerprint density at radius 2 is 1.61 bits per heavy atom. The number of benzene rings is 2. The van der Waals surface area contributed by atoms with E-state index in [2.05, 4.69) is 30.6 Å². The topological polar surface area (TPSA) is 128 Å². The van der Waals surface area contributed by atoms with Crippen LogP contribution >= 0.6 is 0 Å². The number of nitrogens with zero attached hydrogens (tertiary/aromatic N) is 3. The monoisotopic (exact) mass is 469 g/mol. The van der Waals surface area contributed by atoms with Crippen LogP contribution in [-0.4, -0.2) is 63.4 Å². The summed E-state index contributed by atoms with van der Waals surface area (Å²) in [4.78, 5) is 22.7. The number of carbonyl (C=O) groups excluding carboxylic acids is 1. The van der Waals surface area contributed by atoms with Crippen LogP contribution in [0.1, 0.15) is 10.4 Å². The van der Waals surface area contributed by atoms with Crippen LogP contribution in [0.2, 0.25) is 0 Å². The number of hydrogen-bond acceptors (Lipinski definition) is 8. The fourth-order valence-electron chi connectivity index (χ4n) is 2.85. The molecule has 0 atom stereocenters. The lowest BCUT2D eigenvalue weighted by molar-refractivity contribution is 0.0951. The Morgan fingerprint density at radius 3 is 2.24 bits per heavy atom. The average Bonchev–Trinajstić information content (AvgIpc) is 2.79. The third-order valence-electron chi connectivity index (χ3n) is 4.62. The molecule has 0 spiro atoms. The van der Waals surface area contributed by atoms with Gasteiger partial charge in [0.25, 0.3) is 5.91 Å². The third-order valence-corrected chi connectivity index (χ3v) is 6.03. The fourth-order valence-corrected chi connectivity index (χ4v) is 3.62. The first-order chi connectivity index (χ1) is 15.8. The molecule has 1 heterocycles. The van der Waals surface area contributed by atoms with Gasteiger partial charge in [0.1, 0.15) is 18.0 Å². The number of nitrogens with one attached hydrogen (secondary N) is 4. The predicted octanol–water partition coefficient (Wildman–Crippen LogP) is 2.16. The minimum atomic E-state index is -3.55. The molecule has 0 fully saturated rings. The number of anilines is 4. The van der Waals surface area contributed by atoms with E-state index in [-0.39, 0.29) is 10.8 Å². The van der Waals surface area contributed by atoms with E-state index in [4.69, 9.17) is 0 Å². The molecule has 3 rings (SSSR count). The van der Waals surface area contributed by atoms with E-state index in [1.165, 1.54) is 25.5 Å². The Balaban J connectivity index is 1.65. The maximum absolute atomic E-state index is 12.2. The molecular weight excluding hydrogens is 442 g/mol. The normalized spacial score (nSPS) is 11.3. The molecule has 0 saturated heterocycles. The van der Waals surface area contributed by atoms with Gasteiger partial charge in [0.2, 0.25) is 10.0 Å². The Hall–Kier alpha value is -3.54. The van der Waals surface area contributed by atoms with Crippen molar-refractivity contribution in [2.45, 2.75) is 4.90 Å². The van der Waals surface area contributed by atoms with E-state index < -0.39 is 10.0 Å². The minimum Gasteiger partial charge on any atom is -0.351 e. The molecule has 0 aliphatic heterocycles. The fraction of sp³-hybridized carbons (Fsp3) is 0.227. The summed E-state index contributed by atoms with van der Waals surface area (Å²) in [7, 11) is 1.72. The molecule has 0 unspecified atom stereocenters. The van der Waals surface area contributed by atoms with Gasteiger partial charge < -0.3 is 20.9 Å². The molecular formula is C22H27N7O3S. The Kier molecular flexibility index (Phi) is 7.93. The maximum Gasteiger partial charge on any atom is 0.251 e. The van der Waals surface area contributed by atoms with E-state index in [0.717, 1.165) is 12.2 Å². The first-order valence-electron chi connectivity index (χ1n) is 10.2. The molecule has 33 heavy (non-hydrogen) atoms. The quantitative estimate of drug-likeness (QED) is 0.356. The van der Waals surface area contributed by atoms with Crippen molar-refractivity contribution >= 4 is 38.9 Å². The zero-order chi connectivity index (χ0) is 23.8. The van der Waals surface area contributed by atoms with Crippen LogP contribution in [0.5, 0.6) is 0 Å². The zero-order valence-corrected chi connectivity index (χ0v) is 19.5.